The van der Waals surface area contributed by atoms with Crippen molar-refractivity contribution in [1.82, 2.24) is 0 Å². The molecule has 0 heterocycles. The zero-order valence-corrected chi connectivity index (χ0v) is 11.7. The molecule has 2 aromatic carbocycles. The van der Waals surface area contributed by atoms with Crippen molar-refractivity contribution in [2.75, 3.05) is 6.61 Å². The zero-order valence-electron chi connectivity index (χ0n) is 11.7. The van der Waals surface area contributed by atoms with Gasteiger partial charge in [0, 0.05) is 0 Å². The molecule has 0 bridgehead atoms. The first kappa shape index (κ1) is 16.3. The van der Waals surface area contributed by atoms with Crippen molar-refractivity contribution in [3.05, 3.63) is 65.2 Å². The fourth-order valence-corrected chi connectivity index (χ4v) is 1.92. The Morgan fingerprint density at radius 2 is 1.77 bits per heavy atom. The second-order valence-corrected chi connectivity index (χ2v) is 4.84. The van der Waals surface area contributed by atoms with Gasteiger partial charge in [-0.2, -0.15) is 13.2 Å². The van der Waals surface area contributed by atoms with Gasteiger partial charge in [-0.3, -0.25) is 0 Å². The molecule has 0 unspecified atom stereocenters. The molecule has 22 heavy (non-hydrogen) atoms. The van der Waals surface area contributed by atoms with Gasteiger partial charge in [0.15, 0.2) is 0 Å². The van der Waals surface area contributed by atoms with E-state index in [1.54, 1.807) is 30.3 Å². The van der Waals surface area contributed by atoms with Crippen LogP contribution >= 0.6 is 0 Å². The molecule has 0 aliphatic carbocycles. The third kappa shape index (κ3) is 4.22. The van der Waals surface area contributed by atoms with Crippen LogP contribution in [0.5, 0.6) is 5.75 Å². The summed E-state index contributed by atoms with van der Waals surface area (Å²) in [6, 6.07) is 11.3. The van der Waals surface area contributed by atoms with E-state index in [9.17, 15) is 13.2 Å². The second kappa shape index (κ2) is 6.81. The van der Waals surface area contributed by atoms with E-state index in [0.29, 0.717) is 11.3 Å². The van der Waals surface area contributed by atoms with Gasteiger partial charge in [-0.05, 0) is 35.4 Å². The highest BCUT2D eigenvalue weighted by atomic mass is 19.4. The van der Waals surface area contributed by atoms with Crippen LogP contribution in [0.3, 0.4) is 0 Å². The number of aliphatic hydroxyl groups is 1. The number of alkyl halides is 3. The van der Waals surface area contributed by atoms with Gasteiger partial charge in [0.2, 0.25) is 0 Å². The highest BCUT2D eigenvalue weighted by Gasteiger charge is 2.30. The fraction of sp³-hybridized carbons (Fsp3) is 0.250. The minimum atomic E-state index is -4.36. The molecule has 0 aromatic heterocycles. The summed E-state index contributed by atoms with van der Waals surface area (Å²) >= 11 is 0. The van der Waals surface area contributed by atoms with Gasteiger partial charge in [-0.1, -0.05) is 24.3 Å². The van der Waals surface area contributed by atoms with E-state index < -0.39 is 17.8 Å². The van der Waals surface area contributed by atoms with Crippen molar-refractivity contribution in [1.29, 1.82) is 0 Å². The van der Waals surface area contributed by atoms with Crippen molar-refractivity contribution in [2.24, 2.45) is 5.73 Å². The molecule has 2 rings (SSSR count). The monoisotopic (exact) mass is 311 g/mol. The van der Waals surface area contributed by atoms with E-state index >= 15 is 0 Å². The Bertz CT molecular complexity index is 612. The number of rotatable bonds is 5. The molecule has 118 valence electrons. The largest absolute Gasteiger partial charge is 0.489 e. The van der Waals surface area contributed by atoms with Crippen molar-refractivity contribution in [3.8, 4) is 5.75 Å². The molecule has 2 aromatic rings. The third-order valence-corrected chi connectivity index (χ3v) is 3.16. The number of hydrogen-bond donors (Lipinski definition) is 2. The Balaban J connectivity index is 2.01. The van der Waals surface area contributed by atoms with Crippen LogP contribution in [0.4, 0.5) is 13.2 Å². The van der Waals surface area contributed by atoms with E-state index in [4.69, 9.17) is 15.6 Å². The number of ether oxygens (including phenoxy) is 1. The van der Waals surface area contributed by atoms with Crippen molar-refractivity contribution in [2.45, 2.75) is 18.8 Å². The van der Waals surface area contributed by atoms with E-state index in [1.807, 2.05) is 0 Å². The van der Waals surface area contributed by atoms with Crippen LogP contribution in [-0.4, -0.2) is 11.7 Å². The molecule has 3 nitrogen and oxygen atoms in total. The number of nitrogens with two attached hydrogens (primary N) is 1. The lowest BCUT2D eigenvalue weighted by atomic mass is 10.1. The molecule has 0 radical (unpaired) electrons. The Labute approximate surface area is 126 Å². The smallest absolute Gasteiger partial charge is 0.416 e. The highest BCUT2D eigenvalue weighted by Crippen LogP contribution is 2.29. The van der Waals surface area contributed by atoms with Crippen LogP contribution in [0, 0.1) is 0 Å². The minimum absolute atomic E-state index is 0.0370. The highest BCUT2D eigenvalue weighted by molar-refractivity contribution is 5.30. The topological polar surface area (TPSA) is 55.5 Å². The average Bonchev–Trinajstić information content (AvgIpc) is 2.52. The molecule has 0 spiro atoms. The average molecular weight is 311 g/mol. The summed E-state index contributed by atoms with van der Waals surface area (Å²) in [6.07, 6.45) is -4.36. The lowest BCUT2D eigenvalue weighted by Crippen LogP contribution is -2.14. The standard InChI is InChI=1S/C16H16F3NO2/c17-16(18,19)13-3-1-2-11(8-13)10-22-14-6-4-12(5-7-14)15(20)9-21/h1-8,15,21H,9-10,20H2/t15-/m0/s1. The fourth-order valence-electron chi connectivity index (χ4n) is 1.92. The summed E-state index contributed by atoms with van der Waals surface area (Å²) in [6.45, 7) is -0.125. The van der Waals surface area contributed by atoms with Crippen LogP contribution in [-0.2, 0) is 12.8 Å². The molecule has 0 saturated carbocycles. The maximum Gasteiger partial charge on any atom is 0.416 e. The summed E-state index contributed by atoms with van der Waals surface area (Å²) in [5.41, 5.74) is 6.17. The van der Waals surface area contributed by atoms with E-state index in [1.165, 1.54) is 6.07 Å². The summed E-state index contributed by atoms with van der Waals surface area (Å²) in [5, 5.41) is 8.95. The van der Waals surface area contributed by atoms with E-state index in [-0.39, 0.29) is 13.2 Å². The quantitative estimate of drug-likeness (QED) is 0.891. The lowest BCUT2D eigenvalue weighted by Gasteiger charge is -2.11. The molecule has 1 atom stereocenters. The molecule has 3 N–H and O–H groups in total. The maximum absolute atomic E-state index is 12.6. The van der Waals surface area contributed by atoms with E-state index in [0.717, 1.165) is 17.7 Å². The first-order valence-corrected chi connectivity index (χ1v) is 6.65. The second-order valence-electron chi connectivity index (χ2n) is 4.84. The Morgan fingerprint density at radius 1 is 1.09 bits per heavy atom. The number of benzene rings is 2. The summed E-state index contributed by atoms with van der Waals surface area (Å²) in [4.78, 5) is 0. The van der Waals surface area contributed by atoms with Gasteiger partial charge in [0.05, 0.1) is 18.2 Å². The predicted octanol–water partition coefficient (Wildman–Crippen LogP) is 3.28. The Morgan fingerprint density at radius 3 is 2.36 bits per heavy atom. The van der Waals surface area contributed by atoms with Crippen LogP contribution in [0.2, 0.25) is 0 Å². The lowest BCUT2D eigenvalue weighted by molar-refractivity contribution is -0.137. The van der Waals surface area contributed by atoms with Crippen LogP contribution in [0.15, 0.2) is 48.5 Å². The normalized spacial score (nSPS) is 13.0. The van der Waals surface area contributed by atoms with Crippen molar-refractivity contribution in [3.63, 3.8) is 0 Å². The van der Waals surface area contributed by atoms with Crippen LogP contribution in [0.1, 0.15) is 22.7 Å². The summed E-state index contributed by atoms with van der Waals surface area (Å²) in [7, 11) is 0. The van der Waals surface area contributed by atoms with Gasteiger partial charge in [-0.15, -0.1) is 0 Å². The van der Waals surface area contributed by atoms with Crippen LogP contribution in [0.25, 0.3) is 0 Å². The minimum Gasteiger partial charge on any atom is -0.489 e. The van der Waals surface area contributed by atoms with Crippen molar-refractivity contribution >= 4 is 0 Å². The molecule has 0 aliphatic rings. The molecular formula is C16H16F3NO2. The molecule has 0 amide bonds. The first-order chi connectivity index (χ1) is 10.4. The molecule has 0 fully saturated rings. The zero-order chi connectivity index (χ0) is 16.2. The summed E-state index contributed by atoms with van der Waals surface area (Å²) in [5.74, 6) is 0.520. The SMILES string of the molecule is N[C@@H](CO)c1ccc(OCc2cccc(C(F)(F)F)c2)cc1. The molecular weight excluding hydrogens is 295 g/mol. The predicted molar refractivity (Wildman–Crippen MR) is 76.2 cm³/mol. The first-order valence-electron chi connectivity index (χ1n) is 6.65. The van der Waals surface area contributed by atoms with Crippen molar-refractivity contribution < 1.29 is 23.0 Å². The molecule has 0 aliphatic heterocycles. The van der Waals surface area contributed by atoms with Gasteiger partial charge in [-0.25, -0.2) is 0 Å². The summed E-state index contributed by atoms with van der Waals surface area (Å²) < 4.78 is 43.3. The number of hydrogen-bond acceptors (Lipinski definition) is 3. The Kier molecular flexibility index (Phi) is 5.05. The maximum atomic E-state index is 12.6. The van der Waals surface area contributed by atoms with Crippen LogP contribution < -0.4 is 10.5 Å². The van der Waals surface area contributed by atoms with E-state index in [2.05, 4.69) is 0 Å². The van der Waals surface area contributed by atoms with Gasteiger partial charge in [0.25, 0.3) is 0 Å². The number of aliphatic hydroxyl groups excluding tert-OH is 1. The van der Waals surface area contributed by atoms with Gasteiger partial charge < -0.3 is 15.6 Å². The van der Waals surface area contributed by atoms with Gasteiger partial charge >= 0.3 is 6.18 Å². The molecule has 0 saturated heterocycles. The Hall–Kier alpha value is -2.05. The third-order valence-electron chi connectivity index (χ3n) is 3.16. The number of halogens is 3. The van der Waals surface area contributed by atoms with Gasteiger partial charge in [0.1, 0.15) is 12.4 Å². The molecule has 6 heteroatoms.